The second kappa shape index (κ2) is 7.56. The monoisotopic (exact) mass is 422 g/mol. The Kier molecular flexibility index (Phi) is 4.92. The van der Waals surface area contributed by atoms with Crippen molar-refractivity contribution in [3.05, 3.63) is 78.0 Å². The molecule has 0 fully saturated rings. The number of carbonyl (C=O) groups is 1. The molecule has 3 heterocycles. The van der Waals surface area contributed by atoms with Gasteiger partial charge in [0.15, 0.2) is 0 Å². The average molecular weight is 422 g/mol. The number of amides is 1. The molecule has 0 atom stereocenters. The summed E-state index contributed by atoms with van der Waals surface area (Å²) in [7, 11) is -3.84. The van der Waals surface area contributed by atoms with Gasteiger partial charge in [0.2, 0.25) is 5.95 Å². The van der Waals surface area contributed by atoms with Gasteiger partial charge in [-0.15, -0.1) is 0 Å². The van der Waals surface area contributed by atoms with Crippen molar-refractivity contribution in [1.29, 1.82) is 0 Å². The van der Waals surface area contributed by atoms with Gasteiger partial charge in [-0.1, -0.05) is 0 Å². The normalized spacial score (nSPS) is 11.4. The van der Waals surface area contributed by atoms with Crippen LogP contribution >= 0.6 is 0 Å². The fourth-order valence-corrected chi connectivity index (χ4v) is 3.93. The molecular formula is C20H18N6O3S. The highest BCUT2D eigenvalue weighted by atomic mass is 32.2. The highest BCUT2D eigenvalue weighted by molar-refractivity contribution is 7.92. The molecule has 0 aliphatic heterocycles. The molecule has 152 valence electrons. The van der Waals surface area contributed by atoms with E-state index in [0.717, 1.165) is 5.56 Å². The molecule has 0 radical (unpaired) electrons. The molecule has 0 saturated heterocycles. The number of aryl methyl sites for hydroxylation is 2. The van der Waals surface area contributed by atoms with E-state index in [1.54, 1.807) is 23.6 Å². The number of pyridine rings is 1. The highest BCUT2D eigenvalue weighted by Crippen LogP contribution is 2.19. The third kappa shape index (κ3) is 3.85. The van der Waals surface area contributed by atoms with Gasteiger partial charge in [0.1, 0.15) is 11.3 Å². The van der Waals surface area contributed by atoms with Crippen molar-refractivity contribution in [1.82, 2.24) is 19.4 Å². The number of anilines is 2. The van der Waals surface area contributed by atoms with Crippen LogP contribution in [0.5, 0.6) is 0 Å². The molecule has 9 nitrogen and oxygen atoms in total. The summed E-state index contributed by atoms with van der Waals surface area (Å²) in [5, 5.41) is 2.78. The van der Waals surface area contributed by atoms with Crippen LogP contribution in [0.1, 0.15) is 21.7 Å². The topological polar surface area (TPSA) is 118 Å². The second-order valence-corrected chi connectivity index (χ2v) is 8.32. The fourth-order valence-electron chi connectivity index (χ4n) is 2.98. The van der Waals surface area contributed by atoms with Gasteiger partial charge >= 0.3 is 0 Å². The van der Waals surface area contributed by atoms with Crippen molar-refractivity contribution in [2.45, 2.75) is 18.7 Å². The summed E-state index contributed by atoms with van der Waals surface area (Å²) in [6.45, 7) is 3.72. The zero-order valence-electron chi connectivity index (χ0n) is 16.2. The molecule has 3 aromatic heterocycles. The Balaban J connectivity index is 1.54. The number of carbonyl (C=O) groups excluding carboxylic acids is 1. The molecule has 0 unspecified atom stereocenters. The second-order valence-electron chi connectivity index (χ2n) is 6.63. The molecule has 1 aromatic carbocycles. The summed E-state index contributed by atoms with van der Waals surface area (Å²) < 4.78 is 28.9. The van der Waals surface area contributed by atoms with Crippen molar-refractivity contribution in [3.63, 3.8) is 0 Å². The number of rotatable bonds is 5. The summed E-state index contributed by atoms with van der Waals surface area (Å²) in [5.41, 5.74) is 3.21. The van der Waals surface area contributed by atoms with Gasteiger partial charge in [-0.3, -0.25) is 9.20 Å². The van der Waals surface area contributed by atoms with E-state index in [2.05, 4.69) is 25.0 Å². The maximum atomic E-state index is 12.8. The van der Waals surface area contributed by atoms with E-state index in [1.807, 2.05) is 19.1 Å². The van der Waals surface area contributed by atoms with Crippen LogP contribution in [0.2, 0.25) is 0 Å². The van der Waals surface area contributed by atoms with E-state index in [0.29, 0.717) is 22.7 Å². The molecule has 0 aliphatic carbocycles. The van der Waals surface area contributed by atoms with Gasteiger partial charge in [0.25, 0.3) is 15.9 Å². The third-order valence-corrected chi connectivity index (χ3v) is 5.73. The number of aromatic nitrogens is 4. The number of nitrogens with zero attached hydrogens (tertiary/aromatic N) is 4. The lowest BCUT2D eigenvalue weighted by Crippen LogP contribution is -2.16. The number of sulfonamides is 1. The number of hydrogen-bond donors (Lipinski definition) is 2. The molecule has 0 saturated carbocycles. The first-order chi connectivity index (χ1) is 14.3. The van der Waals surface area contributed by atoms with Crippen LogP contribution < -0.4 is 10.0 Å². The Morgan fingerprint density at radius 2 is 1.73 bits per heavy atom. The first-order valence-electron chi connectivity index (χ1n) is 9.00. The summed E-state index contributed by atoms with van der Waals surface area (Å²) >= 11 is 0. The van der Waals surface area contributed by atoms with Crippen LogP contribution in [0.25, 0.3) is 5.65 Å². The summed E-state index contributed by atoms with van der Waals surface area (Å²) in [5.74, 6) is -0.358. The smallest absolute Gasteiger partial charge is 0.274 e. The van der Waals surface area contributed by atoms with E-state index in [-0.39, 0.29) is 16.8 Å². The maximum absolute atomic E-state index is 12.8. The van der Waals surface area contributed by atoms with Crippen LogP contribution in [-0.2, 0) is 10.0 Å². The van der Waals surface area contributed by atoms with E-state index < -0.39 is 10.0 Å². The van der Waals surface area contributed by atoms with E-state index in [9.17, 15) is 13.2 Å². The predicted molar refractivity (Wildman–Crippen MR) is 112 cm³/mol. The quantitative estimate of drug-likeness (QED) is 0.511. The van der Waals surface area contributed by atoms with Crippen LogP contribution in [-0.4, -0.2) is 33.7 Å². The predicted octanol–water partition coefficient (Wildman–Crippen LogP) is 2.79. The van der Waals surface area contributed by atoms with Crippen LogP contribution in [0, 0.1) is 13.8 Å². The standard InChI is InChI=1S/C20H18N6O3S/c1-13-8-11-26-17(12-13)23-14(2)18(26)19(27)24-15-4-6-16(7-5-15)30(28,29)25-20-21-9-3-10-22-20/h3-12H,1-2H3,(H,24,27)(H,21,22,25). The van der Waals surface area contributed by atoms with Crippen molar-refractivity contribution in [2.75, 3.05) is 10.0 Å². The zero-order chi connectivity index (χ0) is 21.3. The summed E-state index contributed by atoms with van der Waals surface area (Å²) in [6.07, 6.45) is 4.67. The minimum Gasteiger partial charge on any atom is -0.321 e. The third-order valence-electron chi connectivity index (χ3n) is 4.38. The Morgan fingerprint density at radius 3 is 2.43 bits per heavy atom. The number of imidazole rings is 1. The van der Waals surface area contributed by atoms with Crippen molar-refractivity contribution >= 4 is 33.2 Å². The maximum Gasteiger partial charge on any atom is 0.274 e. The van der Waals surface area contributed by atoms with E-state index in [1.165, 1.54) is 36.7 Å². The summed E-state index contributed by atoms with van der Waals surface area (Å²) in [4.78, 5) is 24.9. The number of fused-ring (bicyclic) bond motifs is 1. The van der Waals surface area contributed by atoms with Gasteiger partial charge in [-0.2, -0.15) is 0 Å². The van der Waals surface area contributed by atoms with Gasteiger partial charge in [-0.25, -0.2) is 28.1 Å². The number of hydrogen-bond acceptors (Lipinski definition) is 6. The van der Waals surface area contributed by atoms with E-state index in [4.69, 9.17) is 0 Å². The van der Waals surface area contributed by atoms with E-state index >= 15 is 0 Å². The Morgan fingerprint density at radius 1 is 1.03 bits per heavy atom. The van der Waals surface area contributed by atoms with Crippen molar-refractivity contribution < 1.29 is 13.2 Å². The molecule has 2 N–H and O–H groups in total. The zero-order valence-corrected chi connectivity index (χ0v) is 17.0. The molecule has 30 heavy (non-hydrogen) atoms. The first kappa shape index (κ1) is 19.5. The molecule has 4 rings (SSSR count). The lowest BCUT2D eigenvalue weighted by Gasteiger charge is -2.09. The highest BCUT2D eigenvalue weighted by Gasteiger charge is 2.18. The number of benzene rings is 1. The molecule has 10 heteroatoms. The molecule has 0 spiro atoms. The van der Waals surface area contributed by atoms with Gasteiger partial charge in [0.05, 0.1) is 10.6 Å². The molecule has 4 aromatic rings. The van der Waals surface area contributed by atoms with Gasteiger partial charge in [0, 0.05) is 24.3 Å². The van der Waals surface area contributed by atoms with Crippen LogP contribution in [0.3, 0.4) is 0 Å². The van der Waals surface area contributed by atoms with Crippen molar-refractivity contribution in [2.24, 2.45) is 0 Å². The molecule has 0 aliphatic rings. The lowest BCUT2D eigenvalue weighted by atomic mass is 10.2. The average Bonchev–Trinajstić information content (AvgIpc) is 3.03. The molecular weight excluding hydrogens is 404 g/mol. The first-order valence-corrected chi connectivity index (χ1v) is 10.5. The van der Waals surface area contributed by atoms with Crippen LogP contribution in [0.15, 0.2) is 66.0 Å². The van der Waals surface area contributed by atoms with Gasteiger partial charge < -0.3 is 5.32 Å². The largest absolute Gasteiger partial charge is 0.321 e. The fraction of sp³-hybridized carbons (Fsp3) is 0.100. The Hall–Kier alpha value is -3.79. The Labute approximate surface area is 172 Å². The molecule has 0 bridgehead atoms. The minimum absolute atomic E-state index is 0.0202. The van der Waals surface area contributed by atoms with Crippen molar-refractivity contribution in [3.8, 4) is 0 Å². The minimum atomic E-state index is -3.84. The molecule has 1 amide bonds. The Bertz CT molecular complexity index is 1330. The SMILES string of the molecule is Cc1ccn2c(C(=O)Nc3ccc(S(=O)(=O)Nc4ncccn4)cc3)c(C)nc2c1. The van der Waals surface area contributed by atoms with Crippen LogP contribution in [0.4, 0.5) is 11.6 Å². The lowest BCUT2D eigenvalue weighted by molar-refractivity contribution is 0.102. The number of nitrogens with one attached hydrogen (secondary N) is 2. The summed E-state index contributed by atoms with van der Waals surface area (Å²) in [6, 6.07) is 11.2. The van der Waals surface area contributed by atoms with Gasteiger partial charge in [-0.05, 0) is 61.9 Å².